The summed E-state index contributed by atoms with van der Waals surface area (Å²) < 4.78 is 5.55. The van der Waals surface area contributed by atoms with Crippen LogP contribution in [0.2, 0.25) is 0 Å². The molecule has 1 amide bonds. The van der Waals surface area contributed by atoms with Crippen molar-refractivity contribution in [2.45, 2.75) is 65.4 Å². The van der Waals surface area contributed by atoms with Crippen LogP contribution in [0.4, 0.5) is 4.79 Å². The molecule has 30 heavy (non-hydrogen) atoms. The van der Waals surface area contributed by atoms with E-state index in [1.807, 2.05) is 39.6 Å². The molecule has 0 aliphatic carbocycles. The van der Waals surface area contributed by atoms with E-state index in [0.717, 1.165) is 51.5 Å². The van der Waals surface area contributed by atoms with E-state index >= 15 is 0 Å². The van der Waals surface area contributed by atoms with Crippen LogP contribution >= 0.6 is 24.0 Å². The van der Waals surface area contributed by atoms with Gasteiger partial charge in [0.25, 0.3) is 0 Å². The van der Waals surface area contributed by atoms with E-state index in [9.17, 15) is 4.79 Å². The van der Waals surface area contributed by atoms with Gasteiger partial charge in [0.15, 0.2) is 5.96 Å². The number of amides is 1. The van der Waals surface area contributed by atoms with Crippen molar-refractivity contribution in [3.8, 4) is 0 Å². The van der Waals surface area contributed by atoms with Gasteiger partial charge in [-0.15, -0.1) is 24.0 Å². The molecule has 2 fully saturated rings. The Balaban J connectivity index is 0.00000450. The lowest BCUT2D eigenvalue weighted by Gasteiger charge is -2.36. The molecule has 0 radical (unpaired) electrons. The highest BCUT2D eigenvalue weighted by Crippen LogP contribution is 2.20. The third-order valence-corrected chi connectivity index (χ3v) is 5.80. The molecule has 8 heteroatoms. The number of hydrogen-bond acceptors (Lipinski definition) is 4. The largest absolute Gasteiger partial charge is 0.444 e. The van der Waals surface area contributed by atoms with Gasteiger partial charge in [0.05, 0.1) is 0 Å². The summed E-state index contributed by atoms with van der Waals surface area (Å²) in [5, 5.41) is 3.55. The molecule has 0 unspecified atom stereocenters. The minimum absolute atomic E-state index is 0. The van der Waals surface area contributed by atoms with Crippen LogP contribution < -0.4 is 5.32 Å². The first-order valence-corrected chi connectivity index (χ1v) is 11.5. The van der Waals surface area contributed by atoms with Crippen LogP contribution in [-0.4, -0.2) is 91.8 Å². The molecule has 1 N–H and O–H groups in total. The van der Waals surface area contributed by atoms with Crippen LogP contribution in [0, 0.1) is 5.92 Å². The zero-order valence-corrected chi connectivity index (χ0v) is 22.1. The van der Waals surface area contributed by atoms with Gasteiger partial charge in [-0.25, -0.2) is 4.79 Å². The fraction of sp³-hybridized carbons (Fsp3) is 0.909. The Bertz CT molecular complexity index is 524. The maximum Gasteiger partial charge on any atom is 0.410 e. The second-order valence-corrected chi connectivity index (χ2v) is 9.33. The molecule has 0 saturated carbocycles. The molecule has 2 aliphatic heterocycles. The Hall–Kier alpha value is -0.770. The van der Waals surface area contributed by atoms with E-state index < -0.39 is 5.60 Å². The second-order valence-electron chi connectivity index (χ2n) is 9.33. The number of nitrogens with zero attached hydrogens (tertiary/aromatic N) is 4. The molecule has 0 spiro atoms. The minimum Gasteiger partial charge on any atom is -0.444 e. The Labute approximate surface area is 201 Å². The van der Waals surface area contributed by atoms with Gasteiger partial charge in [0, 0.05) is 46.3 Å². The number of nitrogens with one attached hydrogen (secondary N) is 1. The fourth-order valence-corrected chi connectivity index (χ4v) is 4.14. The van der Waals surface area contributed by atoms with Gasteiger partial charge in [-0.05, 0) is 72.4 Å². The molecule has 0 atom stereocenters. The molecular weight excluding hydrogens is 493 g/mol. The summed E-state index contributed by atoms with van der Waals surface area (Å²) in [7, 11) is 1.87. The van der Waals surface area contributed by atoms with Gasteiger partial charge in [0.2, 0.25) is 0 Å². The summed E-state index contributed by atoms with van der Waals surface area (Å²) in [4.78, 5) is 23.6. The maximum absolute atomic E-state index is 12.4. The van der Waals surface area contributed by atoms with Crippen molar-refractivity contribution in [3.63, 3.8) is 0 Å². The summed E-state index contributed by atoms with van der Waals surface area (Å²) in [6, 6.07) is 0. The molecule has 0 aromatic heterocycles. The van der Waals surface area contributed by atoms with Crippen molar-refractivity contribution in [3.05, 3.63) is 0 Å². The van der Waals surface area contributed by atoms with Gasteiger partial charge in [-0.1, -0.05) is 6.42 Å². The number of rotatable bonds is 6. The lowest BCUT2D eigenvalue weighted by Crippen LogP contribution is -2.49. The molecule has 0 aromatic carbocycles. The molecule has 2 rings (SSSR count). The lowest BCUT2D eigenvalue weighted by atomic mass is 9.96. The zero-order chi connectivity index (χ0) is 21.3. The molecular formula is C22H44IN5O2. The van der Waals surface area contributed by atoms with E-state index in [1.165, 1.54) is 32.4 Å². The quantitative estimate of drug-likeness (QED) is 0.319. The van der Waals surface area contributed by atoms with Crippen molar-refractivity contribution >= 4 is 36.0 Å². The van der Waals surface area contributed by atoms with Crippen molar-refractivity contribution in [2.24, 2.45) is 10.9 Å². The Morgan fingerprint density at radius 2 is 1.77 bits per heavy atom. The molecule has 2 saturated heterocycles. The molecule has 176 valence electrons. The number of halogens is 1. The van der Waals surface area contributed by atoms with Gasteiger partial charge in [-0.2, -0.15) is 0 Å². The first-order chi connectivity index (χ1) is 13.8. The monoisotopic (exact) mass is 537 g/mol. The third-order valence-electron chi connectivity index (χ3n) is 5.80. The van der Waals surface area contributed by atoms with E-state index in [-0.39, 0.29) is 30.1 Å². The van der Waals surface area contributed by atoms with E-state index in [4.69, 9.17) is 4.74 Å². The van der Waals surface area contributed by atoms with Gasteiger partial charge in [-0.3, -0.25) is 4.99 Å². The summed E-state index contributed by atoms with van der Waals surface area (Å²) in [6.07, 6.45) is 6.00. The van der Waals surface area contributed by atoms with E-state index in [2.05, 4.69) is 20.1 Å². The number of aliphatic imine (C=N–C) groups is 1. The van der Waals surface area contributed by atoms with Crippen molar-refractivity contribution in [2.75, 3.05) is 59.4 Å². The number of hydrogen-bond donors (Lipinski definition) is 1. The van der Waals surface area contributed by atoms with E-state index in [0.29, 0.717) is 12.5 Å². The lowest BCUT2D eigenvalue weighted by molar-refractivity contribution is 0.0214. The normalized spacial score (nSPS) is 19.2. The predicted octanol–water partition coefficient (Wildman–Crippen LogP) is 3.63. The highest BCUT2D eigenvalue weighted by Gasteiger charge is 2.27. The number of guanidine groups is 1. The van der Waals surface area contributed by atoms with E-state index in [1.54, 1.807) is 0 Å². The first-order valence-electron chi connectivity index (χ1n) is 11.5. The Morgan fingerprint density at radius 1 is 1.13 bits per heavy atom. The average molecular weight is 538 g/mol. The van der Waals surface area contributed by atoms with Gasteiger partial charge in [0.1, 0.15) is 5.60 Å². The van der Waals surface area contributed by atoms with Crippen LogP contribution in [0.3, 0.4) is 0 Å². The summed E-state index contributed by atoms with van der Waals surface area (Å²) in [5.74, 6) is 1.53. The van der Waals surface area contributed by atoms with Crippen molar-refractivity contribution < 1.29 is 9.53 Å². The fourth-order valence-electron chi connectivity index (χ4n) is 4.14. The van der Waals surface area contributed by atoms with Crippen LogP contribution in [0.25, 0.3) is 0 Å². The molecule has 2 heterocycles. The molecule has 0 aromatic rings. The maximum atomic E-state index is 12.4. The number of carbonyl (C=O) groups is 1. The third kappa shape index (κ3) is 9.58. The second kappa shape index (κ2) is 13.6. The van der Waals surface area contributed by atoms with Crippen LogP contribution in [-0.2, 0) is 4.74 Å². The number of carbonyl (C=O) groups excluding carboxylic acids is 1. The van der Waals surface area contributed by atoms with Crippen LogP contribution in [0.1, 0.15) is 59.8 Å². The Morgan fingerprint density at radius 3 is 2.30 bits per heavy atom. The number of ether oxygens (including phenoxy) is 1. The van der Waals surface area contributed by atoms with Crippen molar-refractivity contribution in [1.29, 1.82) is 0 Å². The smallest absolute Gasteiger partial charge is 0.410 e. The Kier molecular flexibility index (Phi) is 12.4. The SMILES string of the molecule is CCN(CC1CCN(C(=NC)NCCN2CCCCC2)CC1)C(=O)OC(C)(C)C.I. The molecule has 7 nitrogen and oxygen atoms in total. The van der Waals surface area contributed by atoms with Gasteiger partial charge < -0.3 is 24.8 Å². The summed E-state index contributed by atoms with van der Waals surface area (Å²) in [5.41, 5.74) is -0.444. The van der Waals surface area contributed by atoms with Crippen LogP contribution in [0.5, 0.6) is 0 Å². The predicted molar refractivity (Wildman–Crippen MR) is 135 cm³/mol. The first kappa shape index (κ1) is 27.3. The van der Waals surface area contributed by atoms with Crippen LogP contribution in [0.15, 0.2) is 4.99 Å². The van der Waals surface area contributed by atoms with Gasteiger partial charge >= 0.3 is 6.09 Å². The topological polar surface area (TPSA) is 60.4 Å². The van der Waals surface area contributed by atoms with Crippen molar-refractivity contribution in [1.82, 2.24) is 20.0 Å². The zero-order valence-electron chi connectivity index (χ0n) is 19.8. The number of piperidine rings is 2. The highest BCUT2D eigenvalue weighted by atomic mass is 127. The summed E-state index contributed by atoms with van der Waals surface area (Å²) in [6.45, 7) is 15.7. The highest BCUT2D eigenvalue weighted by molar-refractivity contribution is 14.0. The molecule has 0 bridgehead atoms. The molecule has 2 aliphatic rings. The minimum atomic E-state index is -0.444. The summed E-state index contributed by atoms with van der Waals surface area (Å²) >= 11 is 0. The average Bonchev–Trinajstić information content (AvgIpc) is 2.69. The standard InChI is InChI=1S/C22H43N5O2.HI/c1-6-26(21(28)29-22(2,3)4)18-19-10-15-27(16-11-19)20(23-5)24-12-17-25-13-8-7-9-14-25;/h19H,6-18H2,1-5H3,(H,23,24);1H. The number of likely N-dealkylation sites (tertiary alicyclic amines) is 2.